The van der Waals surface area contributed by atoms with E-state index >= 15 is 0 Å². The lowest BCUT2D eigenvalue weighted by Crippen LogP contribution is -2.55. The molecule has 0 aromatic heterocycles. The molecule has 5 rings (SSSR count). The van der Waals surface area contributed by atoms with Crippen molar-refractivity contribution in [2.75, 3.05) is 33.3 Å². The number of aliphatic hydroxyl groups is 1. The third-order valence-electron chi connectivity index (χ3n) is 7.11. The van der Waals surface area contributed by atoms with Gasteiger partial charge in [0.25, 0.3) is 0 Å². The van der Waals surface area contributed by atoms with Gasteiger partial charge in [-0.3, -0.25) is 0 Å². The molecule has 0 radical (unpaired) electrons. The van der Waals surface area contributed by atoms with Gasteiger partial charge in [-0.25, -0.2) is 0 Å². The minimum Gasteiger partial charge on any atom is -0.385 e. The minimum atomic E-state index is -0.281. The molecule has 3 heteroatoms. The number of aliphatic hydroxyl groups excluding tert-OH is 1. The van der Waals surface area contributed by atoms with Crippen molar-refractivity contribution >= 4 is 0 Å². The van der Waals surface area contributed by atoms with Gasteiger partial charge in [0.15, 0.2) is 0 Å². The first-order valence-corrected chi connectivity index (χ1v) is 9.70. The van der Waals surface area contributed by atoms with E-state index in [4.69, 9.17) is 4.74 Å². The topological polar surface area (TPSA) is 29.5 Å². The Morgan fingerprint density at radius 1 is 1.00 bits per heavy atom. The number of piperidine rings is 1. The molecule has 1 heterocycles. The maximum Gasteiger partial charge on any atom is 0.126 e. The van der Waals surface area contributed by atoms with Gasteiger partial charge in [0.2, 0.25) is 0 Å². The van der Waals surface area contributed by atoms with Crippen molar-refractivity contribution in [1.82, 2.24) is 0 Å². The lowest BCUT2D eigenvalue weighted by molar-refractivity contribution is -0.916. The summed E-state index contributed by atoms with van der Waals surface area (Å²) in [5.74, 6) is 2.78. The molecule has 4 bridgehead atoms. The second kappa shape index (κ2) is 5.75. The Balaban J connectivity index is 1.30. The molecule has 4 aliphatic carbocycles. The fourth-order valence-electron chi connectivity index (χ4n) is 6.50. The van der Waals surface area contributed by atoms with E-state index in [9.17, 15) is 5.11 Å². The van der Waals surface area contributed by atoms with E-state index in [1.165, 1.54) is 70.9 Å². The molecule has 1 atom stereocenters. The van der Waals surface area contributed by atoms with Crippen LogP contribution in [0.1, 0.15) is 57.8 Å². The van der Waals surface area contributed by atoms with E-state index in [-0.39, 0.29) is 11.7 Å². The second-order valence-electron chi connectivity index (χ2n) is 9.38. The van der Waals surface area contributed by atoms with Crippen molar-refractivity contribution in [1.29, 1.82) is 0 Å². The third-order valence-corrected chi connectivity index (χ3v) is 7.11. The SMILES string of the molecule is C[N+]1(CC(O)COC23CC4CC(CC(C4)C2)C3)CCCCC1. The first-order valence-electron chi connectivity index (χ1n) is 9.70. The Bertz CT molecular complexity index is 367. The fraction of sp³-hybridized carbons (Fsp3) is 1.00. The van der Waals surface area contributed by atoms with Crippen LogP contribution in [0.25, 0.3) is 0 Å². The van der Waals surface area contributed by atoms with Gasteiger partial charge in [0.05, 0.1) is 32.3 Å². The van der Waals surface area contributed by atoms with E-state index in [0.717, 1.165) is 28.8 Å². The molecule has 4 saturated carbocycles. The van der Waals surface area contributed by atoms with Crippen molar-refractivity contribution in [2.24, 2.45) is 17.8 Å². The summed E-state index contributed by atoms with van der Waals surface area (Å²) in [4.78, 5) is 0. The molecule has 1 saturated heterocycles. The summed E-state index contributed by atoms with van der Waals surface area (Å²) in [5, 5.41) is 10.5. The molecule has 0 spiro atoms. The van der Waals surface area contributed by atoms with Gasteiger partial charge in [0.1, 0.15) is 12.6 Å². The van der Waals surface area contributed by atoms with Crippen LogP contribution in [0.15, 0.2) is 0 Å². The summed E-state index contributed by atoms with van der Waals surface area (Å²) in [5.41, 5.74) is 0.149. The quantitative estimate of drug-likeness (QED) is 0.791. The highest BCUT2D eigenvalue weighted by molar-refractivity contribution is 5.03. The predicted octanol–water partition coefficient (Wildman–Crippen LogP) is 2.96. The first kappa shape index (κ1) is 15.4. The molecular formula is C19H34NO2+. The van der Waals surface area contributed by atoms with Gasteiger partial charge in [-0.05, 0) is 75.5 Å². The van der Waals surface area contributed by atoms with Gasteiger partial charge >= 0.3 is 0 Å². The maximum atomic E-state index is 10.5. The monoisotopic (exact) mass is 308 g/mol. The standard InChI is InChI=1S/C19H34NO2/c1-20(5-3-2-4-6-20)13-18(21)14-22-19-10-15-7-16(11-19)9-17(8-15)12-19/h15-18,21H,2-14H2,1H3/q+1. The van der Waals surface area contributed by atoms with Crippen LogP contribution in [0.3, 0.4) is 0 Å². The smallest absolute Gasteiger partial charge is 0.126 e. The predicted molar refractivity (Wildman–Crippen MR) is 87.5 cm³/mol. The highest BCUT2D eigenvalue weighted by atomic mass is 16.5. The average molecular weight is 308 g/mol. The van der Waals surface area contributed by atoms with Crippen LogP contribution < -0.4 is 0 Å². The summed E-state index contributed by atoms with van der Waals surface area (Å²) in [6.07, 6.45) is 11.9. The highest BCUT2D eigenvalue weighted by Gasteiger charge is 2.51. The summed E-state index contributed by atoms with van der Waals surface area (Å²) in [6, 6.07) is 0. The van der Waals surface area contributed by atoms with Crippen molar-refractivity contribution in [2.45, 2.75) is 69.5 Å². The molecule has 5 aliphatic rings. The van der Waals surface area contributed by atoms with Gasteiger partial charge in [0, 0.05) is 0 Å². The second-order valence-corrected chi connectivity index (χ2v) is 9.38. The highest BCUT2D eigenvalue weighted by Crippen LogP contribution is 2.57. The number of nitrogens with zero attached hydrogens (tertiary/aromatic N) is 1. The lowest BCUT2D eigenvalue weighted by atomic mass is 9.54. The first-order chi connectivity index (χ1) is 10.5. The molecule has 1 aliphatic heterocycles. The van der Waals surface area contributed by atoms with E-state index in [2.05, 4.69) is 7.05 Å². The van der Waals surface area contributed by atoms with Crippen molar-refractivity contribution in [3.05, 3.63) is 0 Å². The summed E-state index contributed by atoms with van der Waals surface area (Å²) in [7, 11) is 2.31. The zero-order valence-corrected chi connectivity index (χ0v) is 14.3. The Kier molecular flexibility index (Phi) is 4.03. The summed E-state index contributed by atoms with van der Waals surface area (Å²) < 4.78 is 7.48. The van der Waals surface area contributed by atoms with E-state index in [0.29, 0.717) is 6.61 Å². The molecule has 3 nitrogen and oxygen atoms in total. The van der Waals surface area contributed by atoms with Crippen LogP contribution in [-0.2, 0) is 4.74 Å². The summed E-state index contributed by atoms with van der Waals surface area (Å²) >= 11 is 0. The fourth-order valence-corrected chi connectivity index (χ4v) is 6.50. The zero-order chi connectivity index (χ0) is 15.2. The number of likely N-dealkylation sites (N-methyl/N-ethyl adjacent to an activating group) is 1. The molecule has 0 aromatic rings. The Labute approximate surface area is 135 Å². The largest absolute Gasteiger partial charge is 0.385 e. The van der Waals surface area contributed by atoms with Crippen molar-refractivity contribution in [3.63, 3.8) is 0 Å². The van der Waals surface area contributed by atoms with Crippen LogP contribution in [0.2, 0.25) is 0 Å². The Morgan fingerprint density at radius 2 is 1.55 bits per heavy atom. The molecule has 0 amide bonds. The van der Waals surface area contributed by atoms with Crippen LogP contribution in [0.5, 0.6) is 0 Å². The normalized spacial score (nSPS) is 44.2. The average Bonchev–Trinajstić information content (AvgIpc) is 2.44. The van der Waals surface area contributed by atoms with Gasteiger partial charge < -0.3 is 14.3 Å². The minimum absolute atomic E-state index is 0.149. The number of hydrogen-bond acceptors (Lipinski definition) is 2. The molecule has 1 N–H and O–H groups in total. The molecule has 0 aromatic carbocycles. The maximum absolute atomic E-state index is 10.5. The molecule has 126 valence electrons. The van der Waals surface area contributed by atoms with E-state index in [1.807, 2.05) is 0 Å². The van der Waals surface area contributed by atoms with Gasteiger partial charge in [-0.15, -0.1) is 0 Å². The lowest BCUT2D eigenvalue weighted by Gasteiger charge is -2.56. The van der Waals surface area contributed by atoms with E-state index in [1.54, 1.807) is 0 Å². The molecule has 22 heavy (non-hydrogen) atoms. The van der Waals surface area contributed by atoms with Gasteiger partial charge in [-0.2, -0.15) is 0 Å². The number of ether oxygens (including phenoxy) is 1. The number of likely N-dealkylation sites (tertiary alicyclic amines) is 1. The van der Waals surface area contributed by atoms with Crippen LogP contribution in [0.4, 0.5) is 0 Å². The number of quaternary nitrogens is 1. The van der Waals surface area contributed by atoms with Crippen molar-refractivity contribution in [3.8, 4) is 0 Å². The van der Waals surface area contributed by atoms with E-state index < -0.39 is 0 Å². The van der Waals surface area contributed by atoms with Gasteiger partial charge in [-0.1, -0.05) is 0 Å². The number of hydrogen-bond donors (Lipinski definition) is 1. The third kappa shape index (κ3) is 3.09. The van der Waals surface area contributed by atoms with Crippen LogP contribution >= 0.6 is 0 Å². The van der Waals surface area contributed by atoms with Crippen molar-refractivity contribution < 1.29 is 14.3 Å². The van der Waals surface area contributed by atoms with Crippen LogP contribution in [-0.4, -0.2) is 54.6 Å². The summed E-state index contributed by atoms with van der Waals surface area (Å²) in [6.45, 7) is 3.91. The number of rotatable bonds is 5. The Hall–Kier alpha value is -0.120. The Morgan fingerprint density at radius 3 is 2.09 bits per heavy atom. The van der Waals surface area contributed by atoms with Crippen LogP contribution in [0, 0.1) is 17.8 Å². The molecule has 1 unspecified atom stereocenters. The molecular weight excluding hydrogens is 274 g/mol. The zero-order valence-electron chi connectivity index (χ0n) is 14.3. The molecule has 5 fully saturated rings.